The SMILES string of the molecule is CN/C=N/c1nc(O/N=C(\C)c2ccccc2)ncc1F. The summed E-state index contributed by atoms with van der Waals surface area (Å²) in [6.45, 7) is 1.79. The lowest BCUT2D eigenvalue weighted by Crippen LogP contribution is -2.02. The number of benzene rings is 1. The first-order valence-electron chi connectivity index (χ1n) is 6.20. The largest absolute Gasteiger partial charge is 0.379 e. The minimum atomic E-state index is -0.641. The second-order valence-corrected chi connectivity index (χ2v) is 4.01. The Hall–Kier alpha value is -2.83. The molecule has 0 bridgehead atoms. The summed E-state index contributed by atoms with van der Waals surface area (Å²) in [5.41, 5.74) is 1.57. The van der Waals surface area contributed by atoms with Crippen LogP contribution >= 0.6 is 0 Å². The molecule has 0 aliphatic carbocycles. The summed E-state index contributed by atoms with van der Waals surface area (Å²) in [6, 6.07) is 9.43. The van der Waals surface area contributed by atoms with Crippen LogP contribution in [0.2, 0.25) is 0 Å². The van der Waals surface area contributed by atoms with Gasteiger partial charge in [-0.05, 0) is 12.5 Å². The molecule has 7 heteroatoms. The molecular weight excluding hydrogens is 273 g/mol. The van der Waals surface area contributed by atoms with Crippen molar-refractivity contribution in [3.8, 4) is 6.01 Å². The van der Waals surface area contributed by atoms with E-state index in [4.69, 9.17) is 4.84 Å². The quantitative estimate of drug-likeness (QED) is 0.520. The van der Waals surface area contributed by atoms with Crippen LogP contribution in [0.1, 0.15) is 12.5 Å². The molecule has 0 radical (unpaired) electrons. The van der Waals surface area contributed by atoms with Gasteiger partial charge in [0.1, 0.15) is 0 Å². The van der Waals surface area contributed by atoms with Gasteiger partial charge in [-0.2, -0.15) is 9.97 Å². The Morgan fingerprint density at radius 2 is 2.10 bits per heavy atom. The Kier molecular flexibility index (Phi) is 4.92. The number of oxime groups is 1. The lowest BCUT2D eigenvalue weighted by atomic mass is 10.1. The van der Waals surface area contributed by atoms with E-state index in [2.05, 4.69) is 25.4 Å². The van der Waals surface area contributed by atoms with Crippen LogP contribution in [0.4, 0.5) is 10.2 Å². The normalized spacial score (nSPS) is 11.7. The van der Waals surface area contributed by atoms with Crippen molar-refractivity contribution in [2.45, 2.75) is 6.92 Å². The molecule has 1 aromatic heterocycles. The van der Waals surface area contributed by atoms with Gasteiger partial charge in [-0.1, -0.05) is 35.5 Å². The predicted molar refractivity (Wildman–Crippen MR) is 78.5 cm³/mol. The highest BCUT2D eigenvalue weighted by molar-refractivity contribution is 5.98. The standard InChI is InChI=1S/C14H14FN5O/c1-10(11-6-4-3-5-7-11)20-21-14-17-8-12(15)13(19-14)18-9-16-2/h3-9H,1-2H3,(H,16,17,18,19)/b20-10+. The molecule has 0 aliphatic rings. The molecule has 2 aromatic rings. The number of hydrogen-bond acceptors (Lipinski definition) is 5. The Morgan fingerprint density at radius 3 is 2.81 bits per heavy atom. The van der Waals surface area contributed by atoms with Crippen molar-refractivity contribution < 1.29 is 9.23 Å². The first kappa shape index (κ1) is 14.6. The Morgan fingerprint density at radius 1 is 1.33 bits per heavy atom. The topological polar surface area (TPSA) is 71.8 Å². The van der Waals surface area contributed by atoms with E-state index in [-0.39, 0.29) is 11.8 Å². The van der Waals surface area contributed by atoms with Gasteiger partial charge in [0.2, 0.25) is 0 Å². The molecule has 21 heavy (non-hydrogen) atoms. The molecule has 6 nitrogen and oxygen atoms in total. The highest BCUT2D eigenvalue weighted by atomic mass is 19.1. The summed E-state index contributed by atoms with van der Waals surface area (Å²) in [6.07, 6.45) is 2.30. The van der Waals surface area contributed by atoms with E-state index in [0.717, 1.165) is 11.8 Å². The molecule has 2 rings (SSSR count). The summed E-state index contributed by atoms with van der Waals surface area (Å²) in [4.78, 5) is 16.4. The Labute approximate surface area is 121 Å². The van der Waals surface area contributed by atoms with Gasteiger partial charge in [0, 0.05) is 7.05 Å². The summed E-state index contributed by atoms with van der Waals surface area (Å²) in [5, 5.41) is 6.56. The van der Waals surface area contributed by atoms with Gasteiger partial charge in [-0.15, -0.1) is 0 Å². The van der Waals surface area contributed by atoms with Crippen molar-refractivity contribution in [3.05, 3.63) is 47.9 Å². The predicted octanol–water partition coefficient (Wildman–Crippen LogP) is 2.30. The van der Waals surface area contributed by atoms with Crippen LogP contribution in [-0.2, 0) is 0 Å². The first-order chi connectivity index (χ1) is 10.2. The molecule has 0 aliphatic heterocycles. The summed E-state index contributed by atoms with van der Waals surface area (Å²) in [5.74, 6) is -0.764. The molecule has 1 N–H and O–H groups in total. The van der Waals surface area contributed by atoms with Crippen molar-refractivity contribution in [3.63, 3.8) is 0 Å². The van der Waals surface area contributed by atoms with Crippen LogP contribution in [0.25, 0.3) is 0 Å². The summed E-state index contributed by atoms with van der Waals surface area (Å²) in [7, 11) is 1.65. The van der Waals surface area contributed by atoms with Crippen molar-refractivity contribution in [1.29, 1.82) is 0 Å². The second-order valence-electron chi connectivity index (χ2n) is 4.01. The van der Waals surface area contributed by atoms with E-state index >= 15 is 0 Å². The molecule has 0 amide bonds. The molecule has 0 fully saturated rings. The Bertz CT molecular complexity index is 658. The van der Waals surface area contributed by atoms with Crippen LogP contribution in [0.5, 0.6) is 6.01 Å². The number of nitrogens with zero attached hydrogens (tertiary/aromatic N) is 4. The third kappa shape index (κ3) is 4.07. The van der Waals surface area contributed by atoms with Gasteiger partial charge >= 0.3 is 6.01 Å². The van der Waals surface area contributed by atoms with Crippen LogP contribution < -0.4 is 10.2 Å². The fraction of sp³-hybridized carbons (Fsp3) is 0.143. The van der Waals surface area contributed by atoms with Crippen molar-refractivity contribution >= 4 is 17.9 Å². The molecule has 0 saturated carbocycles. The third-order valence-electron chi connectivity index (χ3n) is 2.48. The van der Waals surface area contributed by atoms with Crippen molar-refractivity contribution in [2.24, 2.45) is 10.1 Å². The maximum Gasteiger partial charge on any atom is 0.347 e. The van der Waals surface area contributed by atoms with Gasteiger partial charge in [0.15, 0.2) is 11.6 Å². The van der Waals surface area contributed by atoms with E-state index < -0.39 is 5.82 Å². The maximum atomic E-state index is 13.4. The van der Waals surface area contributed by atoms with Crippen LogP contribution in [0, 0.1) is 5.82 Å². The smallest absolute Gasteiger partial charge is 0.347 e. The highest BCUT2D eigenvalue weighted by Crippen LogP contribution is 2.16. The molecule has 0 unspecified atom stereocenters. The maximum absolute atomic E-state index is 13.4. The monoisotopic (exact) mass is 287 g/mol. The molecular formula is C14H14FN5O. The van der Waals surface area contributed by atoms with E-state index in [1.165, 1.54) is 6.34 Å². The van der Waals surface area contributed by atoms with Gasteiger partial charge in [-0.25, -0.2) is 9.38 Å². The zero-order chi connectivity index (χ0) is 15.1. The van der Waals surface area contributed by atoms with E-state index in [9.17, 15) is 4.39 Å². The average Bonchev–Trinajstić information content (AvgIpc) is 2.53. The molecule has 0 atom stereocenters. The fourth-order valence-electron chi connectivity index (χ4n) is 1.44. The fourth-order valence-corrected chi connectivity index (χ4v) is 1.44. The number of rotatable bonds is 5. The average molecular weight is 287 g/mol. The molecule has 0 spiro atoms. The van der Waals surface area contributed by atoms with Crippen molar-refractivity contribution in [1.82, 2.24) is 15.3 Å². The Balaban J connectivity index is 2.15. The molecule has 108 valence electrons. The van der Waals surface area contributed by atoms with Crippen LogP contribution in [0.15, 0.2) is 46.7 Å². The molecule has 1 heterocycles. The van der Waals surface area contributed by atoms with Gasteiger partial charge < -0.3 is 10.2 Å². The first-order valence-corrected chi connectivity index (χ1v) is 6.20. The molecule has 1 aromatic carbocycles. The number of nitrogens with one attached hydrogen (secondary N) is 1. The number of aromatic nitrogens is 2. The van der Waals surface area contributed by atoms with E-state index in [0.29, 0.717) is 5.71 Å². The lowest BCUT2D eigenvalue weighted by Gasteiger charge is -2.01. The van der Waals surface area contributed by atoms with Crippen molar-refractivity contribution in [2.75, 3.05) is 7.05 Å². The summed E-state index contributed by atoms with van der Waals surface area (Å²) >= 11 is 0. The number of hydrogen-bond donors (Lipinski definition) is 1. The number of aliphatic imine (C=N–C) groups is 1. The van der Waals surface area contributed by atoms with Crippen LogP contribution in [0.3, 0.4) is 0 Å². The third-order valence-corrected chi connectivity index (χ3v) is 2.48. The summed E-state index contributed by atoms with van der Waals surface area (Å²) < 4.78 is 13.4. The van der Waals surface area contributed by atoms with E-state index in [1.54, 1.807) is 14.0 Å². The molecule has 0 saturated heterocycles. The highest BCUT2D eigenvalue weighted by Gasteiger charge is 2.07. The minimum Gasteiger partial charge on any atom is -0.379 e. The zero-order valence-corrected chi connectivity index (χ0v) is 11.6. The van der Waals surface area contributed by atoms with Gasteiger partial charge in [-0.3, -0.25) is 0 Å². The van der Waals surface area contributed by atoms with Gasteiger partial charge in [0.25, 0.3) is 0 Å². The van der Waals surface area contributed by atoms with Crippen LogP contribution in [-0.4, -0.2) is 29.1 Å². The zero-order valence-electron chi connectivity index (χ0n) is 11.6. The lowest BCUT2D eigenvalue weighted by molar-refractivity contribution is 0.311. The second kappa shape index (κ2) is 7.09. The van der Waals surface area contributed by atoms with Gasteiger partial charge in [0.05, 0.1) is 18.2 Å². The minimum absolute atomic E-state index is 0.0741. The van der Waals surface area contributed by atoms with E-state index in [1.807, 2.05) is 30.3 Å². The number of halogens is 1.